The van der Waals surface area contributed by atoms with E-state index in [-0.39, 0.29) is 5.82 Å². The minimum Gasteiger partial charge on any atom is -0.491 e. The summed E-state index contributed by atoms with van der Waals surface area (Å²) in [5.41, 5.74) is 2.13. The summed E-state index contributed by atoms with van der Waals surface area (Å²) in [6.07, 6.45) is 1.68. The Labute approximate surface area is 217 Å². The van der Waals surface area contributed by atoms with Crippen molar-refractivity contribution in [1.29, 1.82) is 0 Å². The summed E-state index contributed by atoms with van der Waals surface area (Å²) in [4.78, 5) is 23.7. The van der Waals surface area contributed by atoms with Crippen molar-refractivity contribution in [2.75, 3.05) is 26.2 Å². The first kappa shape index (κ1) is 25.4. The van der Waals surface area contributed by atoms with Crippen LogP contribution in [0.1, 0.15) is 35.7 Å². The molecule has 198 valence electrons. The summed E-state index contributed by atoms with van der Waals surface area (Å²) in [6, 6.07) is 7.20. The van der Waals surface area contributed by atoms with Crippen LogP contribution >= 0.6 is 0 Å². The van der Waals surface area contributed by atoms with Crippen molar-refractivity contribution >= 4 is 5.82 Å². The monoisotopic (exact) mass is 525 g/mol. The van der Waals surface area contributed by atoms with Gasteiger partial charge in [-0.25, -0.2) is 24.9 Å². The van der Waals surface area contributed by atoms with E-state index in [4.69, 9.17) is 14.5 Å². The number of benzene rings is 1. The number of aryl methyl sites for hydroxylation is 1. The van der Waals surface area contributed by atoms with Crippen molar-refractivity contribution in [1.82, 2.24) is 29.5 Å². The van der Waals surface area contributed by atoms with Crippen molar-refractivity contribution in [3.8, 4) is 34.4 Å². The number of imidazole rings is 1. The molecule has 3 heterocycles. The molecule has 0 spiro atoms. The normalized spacial score (nSPS) is 13.4. The molecule has 0 bridgehead atoms. The van der Waals surface area contributed by atoms with E-state index >= 15 is 0 Å². The zero-order chi connectivity index (χ0) is 27.0. The second kappa shape index (κ2) is 9.92. The van der Waals surface area contributed by atoms with E-state index < -0.39 is 11.9 Å². The van der Waals surface area contributed by atoms with Crippen molar-refractivity contribution < 1.29 is 22.6 Å². The van der Waals surface area contributed by atoms with Gasteiger partial charge in [-0.3, -0.25) is 0 Å². The Kier molecular flexibility index (Phi) is 6.64. The number of alkyl halides is 3. The molecule has 9 nitrogen and oxygen atoms in total. The van der Waals surface area contributed by atoms with E-state index in [1.807, 2.05) is 24.1 Å². The lowest BCUT2D eigenvalue weighted by atomic mass is 10.1. The Morgan fingerprint density at radius 3 is 2.37 bits per heavy atom. The highest BCUT2D eigenvalue weighted by molar-refractivity contribution is 5.68. The Morgan fingerprint density at radius 1 is 1.03 bits per heavy atom. The number of hydrogen-bond donors (Lipinski definition) is 0. The fourth-order valence-corrected chi connectivity index (χ4v) is 4.29. The van der Waals surface area contributed by atoms with Gasteiger partial charge in [0.05, 0.1) is 26.1 Å². The van der Waals surface area contributed by atoms with Crippen molar-refractivity contribution in [3.05, 3.63) is 59.9 Å². The quantitative estimate of drug-likeness (QED) is 0.321. The van der Waals surface area contributed by atoms with Crippen LogP contribution in [0.5, 0.6) is 11.6 Å². The molecule has 0 radical (unpaired) electrons. The van der Waals surface area contributed by atoms with Gasteiger partial charge in [0.1, 0.15) is 17.7 Å². The van der Waals surface area contributed by atoms with E-state index in [0.717, 1.165) is 30.3 Å². The molecule has 1 aromatic carbocycles. The molecule has 4 aromatic rings. The molecule has 0 saturated heterocycles. The van der Waals surface area contributed by atoms with Gasteiger partial charge in [-0.1, -0.05) is 24.3 Å². The molecular weight excluding hydrogens is 499 g/mol. The molecule has 1 fully saturated rings. The van der Waals surface area contributed by atoms with Crippen LogP contribution in [0.3, 0.4) is 0 Å². The first-order valence-corrected chi connectivity index (χ1v) is 11.9. The van der Waals surface area contributed by atoms with Gasteiger partial charge in [-0.15, -0.1) is 0 Å². The molecule has 0 unspecified atom stereocenters. The standard InChI is InChI=1S/C26H26F3N7O2/c1-35(12-15-5-7-17(8-6-15)23-33-19(13-36(23)2)26(27,28)29)24-18(37-3)11-30-22(34-24)20-21(16-9-10-16)31-14-32-25(20)38-4/h5-8,11,13-14,16H,9-10,12H2,1-4H3. The molecule has 5 rings (SSSR count). The Bertz CT molecular complexity index is 1450. The van der Waals surface area contributed by atoms with Gasteiger partial charge in [-0.05, 0) is 18.4 Å². The van der Waals surface area contributed by atoms with Gasteiger partial charge in [0, 0.05) is 38.3 Å². The highest BCUT2D eigenvalue weighted by Crippen LogP contribution is 2.45. The van der Waals surface area contributed by atoms with Crippen LogP contribution < -0.4 is 14.4 Å². The second-order valence-corrected chi connectivity index (χ2v) is 9.11. The molecule has 1 aliphatic rings. The number of rotatable bonds is 8. The summed E-state index contributed by atoms with van der Waals surface area (Å²) < 4.78 is 51.6. The van der Waals surface area contributed by atoms with E-state index in [2.05, 4.69) is 19.9 Å². The van der Waals surface area contributed by atoms with Gasteiger partial charge in [0.25, 0.3) is 0 Å². The number of ether oxygens (including phenoxy) is 2. The molecule has 0 aliphatic heterocycles. The van der Waals surface area contributed by atoms with Crippen molar-refractivity contribution in [2.24, 2.45) is 7.05 Å². The maximum absolute atomic E-state index is 13.1. The first-order chi connectivity index (χ1) is 18.2. The first-order valence-electron chi connectivity index (χ1n) is 11.9. The van der Waals surface area contributed by atoms with Gasteiger partial charge >= 0.3 is 6.18 Å². The maximum atomic E-state index is 13.1. The minimum absolute atomic E-state index is 0.241. The van der Waals surface area contributed by atoms with E-state index in [0.29, 0.717) is 46.9 Å². The molecule has 12 heteroatoms. The van der Waals surface area contributed by atoms with Crippen LogP contribution in [0, 0.1) is 0 Å². The zero-order valence-electron chi connectivity index (χ0n) is 21.3. The fraction of sp³-hybridized carbons (Fsp3) is 0.346. The van der Waals surface area contributed by atoms with Crippen LogP contribution in [0.15, 0.2) is 43.0 Å². The van der Waals surface area contributed by atoms with E-state index in [1.54, 1.807) is 39.6 Å². The highest BCUT2D eigenvalue weighted by Gasteiger charge is 2.34. The van der Waals surface area contributed by atoms with E-state index in [9.17, 15) is 13.2 Å². The highest BCUT2D eigenvalue weighted by atomic mass is 19.4. The number of halogens is 3. The molecule has 0 amide bonds. The van der Waals surface area contributed by atoms with Crippen molar-refractivity contribution in [3.63, 3.8) is 0 Å². The van der Waals surface area contributed by atoms with Crippen LogP contribution in [0.4, 0.5) is 19.0 Å². The summed E-state index contributed by atoms with van der Waals surface area (Å²) in [6.45, 7) is 0.458. The molecule has 38 heavy (non-hydrogen) atoms. The van der Waals surface area contributed by atoms with Gasteiger partial charge in [0.2, 0.25) is 5.88 Å². The predicted octanol–water partition coefficient (Wildman–Crippen LogP) is 4.88. The Balaban J connectivity index is 1.42. The molecule has 0 N–H and O–H groups in total. The smallest absolute Gasteiger partial charge is 0.434 e. The fourth-order valence-electron chi connectivity index (χ4n) is 4.29. The Morgan fingerprint density at radius 2 is 1.76 bits per heavy atom. The summed E-state index contributed by atoms with van der Waals surface area (Å²) in [7, 11) is 6.52. The third-order valence-electron chi connectivity index (χ3n) is 6.34. The third-order valence-corrected chi connectivity index (χ3v) is 6.34. The lowest BCUT2D eigenvalue weighted by Crippen LogP contribution is -2.19. The SMILES string of the molecule is COc1cnc(-c2c(OC)ncnc2C2CC2)nc1N(C)Cc1ccc(-c2nc(C(F)(F)F)cn2C)cc1. The minimum atomic E-state index is -4.50. The van der Waals surface area contributed by atoms with Gasteiger partial charge in [-0.2, -0.15) is 13.2 Å². The summed E-state index contributed by atoms with van der Waals surface area (Å²) in [5, 5.41) is 0. The molecule has 0 atom stereocenters. The largest absolute Gasteiger partial charge is 0.491 e. The number of aromatic nitrogens is 6. The van der Waals surface area contributed by atoms with Crippen LogP contribution in [-0.4, -0.2) is 50.8 Å². The zero-order valence-corrected chi connectivity index (χ0v) is 21.3. The number of nitrogens with zero attached hydrogens (tertiary/aromatic N) is 7. The van der Waals surface area contributed by atoms with Gasteiger partial charge < -0.3 is 18.9 Å². The average Bonchev–Trinajstić information content (AvgIpc) is 3.68. The van der Waals surface area contributed by atoms with Crippen LogP contribution in [-0.2, 0) is 19.8 Å². The number of hydrogen-bond acceptors (Lipinski definition) is 8. The van der Waals surface area contributed by atoms with Crippen LogP contribution in [0.2, 0.25) is 0 Å². The predicted molar refractivity (Wildman–Crippen MR) is 134 cm³/mol. The lowest BCUT2D eigenvalue weighted by Gasteiger charge is -2.21. The maximum Gasteiger partial charge on any atom is 0.434 e. The summed E-state index contributed by atoms with van der Waals surface area (Å²) in [5.74, 6) is 2.48. The molecule has 1 saturated carbocycles. The lowest BCUT2D eigenvalue weighted by molar-refractivity contribution is -0.140. The third kappa shape index (κ3) is 4.98. The van der Waals surface area contributed by atoms with E-state index in [1.165, 1.54) is 10.9 Å². The van der Waals surface area contributed by atoms with Crippen LogP contribution in [0.25, 0.3) is 22.8 Å². The number of anilines is 1. The Hall–Kier alpha value is -4.22. The average molecular weight is 526 g/mol. The number of methoxy groups -OCH3 is 2. The second-order valence-electron chi connectivity index (χ2n) is 9.11. The van der Waals surface area contributed by atoms with Crippen molar-refractivity contribution in [2.45, 2.75) is 31.5 Å². The molecule has 3 aromatic heterocycles. The molecular formula is C26H26F3N7O2. The van der Waals surface area contributed by atoms with Gasteiger partial charge in [0.15, 0.2) is 23.1 Å². The summed E-state index contributed by atoms with van der Waals surface area (Å²) >= 11 is 0. The molecule has 1 aliphatic carbocycles. The topological polar surface area (TPSA) is 91.1 Å².